The number of ether oxygens (including phenoxy) is 2. The van der Waals surface area contributed by atoms with Crippen molar-refractivity contribution < 1.29 is 22.7 Å². The maximum Gasteiger partial charge on any atom is 0.410 e. The van der Waals surface area contributed by atoms with Gasteiger partial charge >= 0.3 is 6.09 Å². The minimum Gasteiger partial charge on any atom is -0.496 e. The van der Waals surface area contributed by atoms with E-state index >= 15 is 0 Å². The summed E-state index contributed by atoms with van der Waals surface area (Å²) in [6.45, 7) is 8.81. The van der Waals surface area contributed by atoms with Crippen LogP contribution >= 0.6 is 22.6 Å². The number of hydrogen-bond donors (Lipinski definition) is 0. The molecule has 8 nitrogen and oxygen atoms in total. The number of amides is 1. The summed E-state index contributed by atoms with van der Waals surface area (Å²) in [5.74, 6) is 1.05. The third-order valence-corrected chi connectivity index (χ3v) is 9.82. The van der Waals surface area contributed by atoms with E-state index in [1.807, 2.05) is 45.9 Å². The largest absolute Gasteiger partial charge is 0.496 e. The molecule has 1 fully saturated rings. The van der Waals surface area contributed by atoms with E-state index in [2.05, 4.69) is 33.6 Å². The van der Waals surface area contributed by atoms with Crippen molar-refractivity contribution in [1.82, 2.24) is 13.9 Å². The molecule has 216 valence electrons. The van der Waals surface area contributed by atoms with Crippen LogP contribution in [-0.4, -0.2) is 54.2 Å². The van der Waals surface area contributed by atoms with Gasteiger partial charge < -0.3 is 14.4 Å². The molecule has 0 atom stereocenters. The zero-order chi connectivity index (χ0) is 29.5. The molecule has 0 N–H and O–H groups in total. The molecule has 2 aromatic carbocycles. The van der Waals surface area contributed by atoms with E-state index in [9.17, 15) is 13.2 Å². The lowest BCUT2D eigenvalue weighted by Gasteiger charge is -2.34. The van der Waals surface area contributed by atoms with E-state index in [1.54, 1.807) is 48.7 Å². The molecule has 5 rings (SSSR count). The lowest BCUT2D eigenvalue weighted by molar-refractivity contribution is 0.0204. The molecule has 0 aliphatic carbocycles. The van der Waals surface area contributed by atoms with Crippen molar-refractivity contribution in [2.45, 2.75) is 57.0 Å². The first-order valence-corrected chi connectivity index (χ1v) is 16.0. The number of rotatable bonds is 5. The number of nitrogens with zero attached hydrogens (tertiary/aromatic N) is 3. The number of likely N-dealkylation sites (tertiary alicyclic amines) is 1. The molecule has 0 radical (unpaired) electrons. The van der Waals surface area contributed by atoms with E-state index in [-0.39, 0.29) is 16.9 Å². The molecule has 2 aromatic heterocycles. The van der Waals surface area contributed by atoms with Crippen LogP contribution in [0.2, 0.25) is 0 Å². The van der Waals surface area contributed by atoms with Crippen LogP contribution in [0, 0.1) is 10.5 Å². The number of halogens is 1. The maximum absolute atomic E-state index is 13.4. The smallest absolute Gasteiger partial charge is 0.410 e. The fourth-order valence-electron chi connectivity index (χ4n) is 5.13. The maximum atomic E-state index is 13.4. The predicted molar refractivity (Wildman–Crippen MR) is 168 cm³/mol. The first-order chi connectivity index (χ1) is 19.4. The molecule has 0 unspecified atom stereocenters. The van der Waals surface area contributed by atoms with Gasteiger partial charge in [-0.05, 0) is 104 Å². The van der Waals surface area contributed by atoms with Gasteiger partial charge in [-0.3, -0.25) is 0 Å². The van der Waals surface area contributed by atoms with Crippen LogP contribution in [0.3, 0.4) is 0 Å². The Balaban J connectivity index is 1.39. The van der Waals surface area contributed by atoms with Gasteiger partial charge in [0.05, 0.1) is 12.0 Å². The predicted octanol–water partition coefficient (Wildman–Crippen LogP) is 6.98. The van der Waals surface area contributed by atoms with Gasteiger partial charge in [0.15, 0.2) is 5.65 Å². The number of benzene rings is 2. The number of piperidine rings is 1. The second kappa shape index (κ2) is 11.3. The third kappa shape index (κ3) is 6.08. The van der Waals surface area contributed by atoms with Gasteiger partial charge in [-0.2, -0.15) is 0 Å². The Morgan fingerprint density at radius 1 is 1.02 bits per heavy atom. The van der Waals surface area contributed by atoms with Gasteiger partial charge in [0, 0.05) is 40.0 Å². The van der Waals surface area contributed by atoms with Crippen molar-refractivity contribution >= 4 is 49.7 Å². The Labute approximate surface area is 254 Å². The SMILES string of the molecule is COc1cc(-c2cnc3c(c2)c(I)cn3S(=O)(=O)c2ccc(C)cc2)ccc1C1CCN(C(=O)OC(C)(C)C)CC1. The summed E-state index contributed by atoms with van der Waals surface area (Å²) in [6.07, 6.45) is 4.70. The van der Waals surface area contributed by atoms with Crippen molar-refractivity contribution in [3.05, 3.63) is 75.6 Å². The van der Waals surface area contributed by atoms with Crippen LogP contribution in [0.5, 0.6) is 5.75 Å². The molecule has 0 bridgehead atoms. The van der Waals surface area contributed by atoms with E-state index in [1.165, 1.54) is 3.97 Å². The zero-order valence-corrected chi connectivity index (χ0v) is 26.8. The highest BCUT2D eigenvalue weighted by molar-refractivity contribution is 14.1. The van der Waals surface area contributed by atoms with Gasteiger partial charge in [0.25, 0.3) is 10.0 Å². The molecule has 1 saturated heterocycles. The average molecular weight is 688 g/mol. The second-order valence-corrected chi connectivity index (χ2v) is 14.4. The number of methoxy groups -OCH3 is 1. The fourth-order valence-corrected chi connectivity index (χ4v) is 7.32. The first-order valence-electron chi connectivity index (χ1n) is 13.5. The molecule has 4 aromatic rings. The van der Waals surface area contributed by atoms with Crippen LogP contribution in [0.1, 0.15) is 50.7 Å². The number of hydrogen-bond acceptors (Lipinski definition) is 6. The molecule has 10 heteroatoms. The number of carbonyl (C=O) groups excluding carboxylic acids is 1. The second-order valence-electron chi connectivity index (χ2n) is 11.4. The van der Waals surface area contributed by atoms with Gasteiger partial charge in [0.1, 0.15) is 11.4 Å². The van der Waals surface area contributed by atoms with Crippen molar-refractivity contribution in [1.29, 1.82) is 0 Å². The summed E-state index contributed by atoms with van der Waals surface area (Å²) in [5.41, 5.74) is 3.77. The average Bonchev–Trinajstić information content (AvgIpc) is 3.28. The van der Waals surface area contributed by atoms with Crippen LogP contribution in [0.25, 0.3) is 22.2 Å². The summed E-state index contributed by atoms with van der Waals surface area (Å²) in [4.78, 5) is 19.1. The van der Waals surface area contributed by atoms with Crippen molar-refractivity contribution in [2.75, 3.05) is 20.2 Å². The fraction of sp³-hybridized carbons (Fsp3) is 0.355. The van der Waals surface area contributed by atoms with Gasteiger partial charge in [0.2, 0.25) is 0 Å². The zero-order valence-electron chi connectivity index (χ0n) is 23.8. The Morgan fingerprint density at radius 3 is 2.34 bits per heavy atom. The standard InChI is InChI=1S/C31H34IN3O5S/c1-20-6-9-24(10-7-20)41(37,38)35-19-27(32)26-16-23(18-33-29(26)35)22-8-11-25(28(17-22)39-5)21-12-14-34(15-13-21)30(36)40-31(2,3)4/h6-11,16-19,21H,12-15H2,1-5H3. The minimum atomic E-state index is -3.79. The van der Waals surface area contributed by atoms with E-state index < -0.39 is 15.6 Å². The Morgan fingerprint density at radius 2 is 1.71 bits per heavy atom. The molecule has 0 saturated carbocycles. The summed E-state index contributed by atoms with van der Waals surface area (Å²) >= 11 is 2.15. The number of aromatic nitrogens is 2. The molecule has 1 aliphatic rings. The van der Waals surface area contributed by atoms with E-state index in [4.69, 9.17) is 9.47 Å². The number of carbonyl (C=O) groups is 1. The summed E-state index contributed by atoms with van der Waals surface area (Å²) in [6, 6.07) is 14.9. The van der Waals surface area contributed by atoms with Crippen LogP contribution in [-0.2, 0) is 14.8 Å². The third-order valence-electron chi connectivity index (χ3n) is 7.29. The Bertz CT molecular complexity index is 1700. The van der Waals surface area contributed by atoms with Gasteiger partial charge in [-0.15, -0.1) is 0 Å². The van der Waals surface area contributed by atoms with E-state index in [0.29, 0.717) is 18.7 Å². The van der Waals surface area contributed by atoms with E-state index in [0.717, 1.165) is 49.8 Å². The number of aryl methyl sites for hydroxylation is 1. The summed E-state index contributed by atoms with van der Waals surface area (Å²) in [5, 5.41) is 0.761. The summed E-state index contributed by atoms with van der Waals surface area (Å²) < 4.78 is 40.2. The molecule has 1 aliphatic heterocycles. The number of fused-ring (bicyclic) bond motifs is 1. The Kier molecular flexibility index (Phi) is 8.08. The topological polar surface area (TPSA) is 90.7 Å². The van der Waals surface area contributed by atoms with Crippen LogP contribution in [0.4, 0.5) is 4.79 Å². The number of pyridine rings is 1. The molecule has 3 heterocycles. The highest BCUT2D eigenvalue weighted by Crippen LogP contribution is 2.38. The molecular weight excluding hydrogens is 653 g/mol. The lowest BCUT2D eigenvalue weighted by Crippen LogP contribution is -2.41. The minimum absolute atomic E-state index is 0.222. The monoisotopic (exact) mass is 687 g/mol. The van der Waals surface area contributed by atoms with Gasteiger partial charge in [-0.25, -0.2) is 22.2 Å². The molecule has 41 heavy (non-hydrogen) atoms. The van der Waals surface area contributed by atoms with Crippen LogP contribution in [0.15, 0.2) is 65.8 Å². The first kappa shape index (κ1) is 29.4. The van der Waals surface area contributed by atoms with Gasteiger partial charge in [-0.1, -0.05) is 29.8 Å². The van der Waals surface area contributed by atoms with Crippen molar-refractivity contribution in [3.8, 4) is 16.9 Å². The van der Waals surface area contributed by atoms with Crippen molar-refractivity contribution in [3.63, 3.8) is 0 Å². The van der Waals surface area contributed by atoms with Crippen LogP contribution < -0.4 is 4.74 Å². The normalized spacial score (nSPS) is 14.8. The Hall–Kier alpha value is -3.12. The quantitative estimate of drug-likeness (QED) is 0.211. The highest BCUT2D eigenvalue weighted by Gasteiger charge is 2.29. The van der Waals surface area contributed by atoms with Crippen molar-refractivity contribution in [2.24, 2.45) is 0 Å². The molecule has 1 amide bonds. The highest BCUT2D eigenvalue weighted by atomic mass is 127. The summed E-state index contributed by atoms with van der Waals surface area (Å²) in [7, 11) is -2.12. The molecule has 0 spiro atoms. The molecular formula is C31H34IN3O5S. The lowest BCUT2D eigenvalue weighted by atomic mass is 9.88.